The molecule has 0 radical (unpaired) electrons. The standard InChI is InChI=1S/C11H10BrNO2/c1-6-5-7-3-4-8(14)10(12)9(7)11(15)13(6)2/h3-5,14H,1-2H3. The number of aryl methyl sites for hydroxylation is 1. The van der Waals surface area contributed by atoms with Crippen LogP contribution >= 0.6 is 15.9 Å². The minimum atomic E-state index is -0.104. The summed E-state index contributed by atoms with van der Waals surface area (Å²) in [5, 5.41) is 10.9. The summed E-state index contributed by atoms with van der Waals surface area (Å²) in [4.78, 5) is 11.9. The number of aromatic nitrogens is 1. The van der Waals surface area contributed by atoms with Crippen molar-refractivity contribution in [2.75, 3.05) is 0 Å². The number of phenols is 1. The molecule has 0 spiro atoms. The van der Waals surface area contributed by atoms with E-state index < -0.39 is 0 Å². The zero-order valence-corrected chi connectivity index (χ0v) is 10.00. The monoisotopic (exact) mass is 267 g/mol. The molecule has 0 fully saturated rings. The zero-order chi connectivity index (χ0) is 11.2. The first-order valence-corrected chi connectivity index (χ1v) is 5.29. The molecule has 0 aliphatic rings. The van der Waals surface area contributed by atoms with Gasteiger partial charge in [0.2, 0.25) is 0 Å². The van der Waals surface area contributed by atoms with Crippen molar-refractivity contribution in [2.45, 2.75) is 6.92 Å². The van der Waals surface area contributed by atoms with Gasteiger partial charge in [-0.3, -0.25) is 4.79 Å². The SMILES string of the molecule is Cc1cc2ccc(O)c(Br)c2c(=O)n1C. The summed E-state index contributed by atoms with van der Waals surface area (Å²) in [6.45, 7) is 1.88. The fourth-order valence-electron chi connectivity index (χ4n) is 1.57. The maximum atomic E-state index is 11.9. The molecule has 2 aromatic rings. The van der Waals surface area contributed by atoms with Crippen LogP contribution in [-0.2, 0) is 7.05 Å². The summed E-state index contributed by atoms with van der Waals surface area (Å²) in [5.74, 6) is 0.0865. The lowest BCUT2D eigenvalue weighted by molar-refractivity contribution is 0.473. The van der Waals surface area contributed by atoms with Gasteiger partial charge in [-0.1, -0.05) is 6.07 Å². The molecule has 1 aromatic heterocycles. The summed E-state index contributed by atoms with van der Waals surface area (Å²) in [5.41, 5.74) is 0.790. The Morgan fingerprint density at radius 2 is 2.07 bits per heavy atom. The maximum Gasteiger partial charge on any atom is 0.259 e. The van der Waals surface area contributed by atoms with Crippen molar-refractivity contribution >= 4 is 26.7 Å². The number of hydrogen-bond acceptors (Lipinski definition) is 2. The molecular weight excluding hydrogens is 258 g/mol. The van der Waals surface area contributed by atoms with Gasteiger partial charge in [-0.25, -0.2) is 0 Å². The number of phenolic OH excluding ortho intramolecular Hbond substituents is 1. The Balaban J connectivity index is 3.08. The predicted octanol–water partition coefficient (Wildman–Crippen LogP) is 2.32. The second-order valence-corrected chi connectivity index (χ2v) is 4.31. The molecule has 0 saturated heterocycles. The Hall–Kier alpha value is -1.29. The van der Waals surface area contributed by atoms with Crippen LogP contribution in [0.2, 0.25) is 0 Å². The van der Waals surface area contributed by atoms with Crippen molar-refractivity contribution in [3.05, 3.63) is 38.7 Å². The lowest BCUT2D eigenvalue weighted by Crippen LogP contribution is -2.19. The Morgan fingerprint density at radius 3 is 2.73 bits per heavy atom. The van der Waals surface area contributed by atoms with Crippen LogP contribution < -0.4 is 5.56 Å². The van der Waals surface area contributed by atoms with Crippen LogP contribution in [0.15, 0.2) is 27.5 Å². The molecule has 0 saturated carbocycles. The van der Waals surface area contributed by atoms with E-state index in [-0.39, 0.29) is 11.3 Å². The Bertz CT molecular complexity index is 602. The van der Waals surface area contributed by atoms with Gasteiger partial charge < -0.3 is 9.67 Å². The van der Waals surface area contributed by atoms with Gasteiger partial charge in [0, 0.05) is 12.7 Å². The highest BCUT2D eigenvalue weighted by molar-refractivity contribution is 9.10. The fourth-order valence-corrected chi connectivity index (χ4v) is 2.10. The van der Waals surface area contributed by atoms with Crippen molar-refractivity contribution in [3.63, 3.8) is 0 Å². The molecule has 0 aliphatic heterocycles. The smallest absolute Gasteiger partial charge is 0.259 e. The topological polar surface area (TPSA) is 42.2 Å². The Labute approximate surface area is 95.1 Å². The third kappa shape index (κ3) is 1.45. The first-order chi connectivity index (χ1) is 7.02. The lowest BCUT2D eigenvalue weighted by atomic mass is 10.1. The number of rotatable bonds is 0. The second kappa shape index (κ2) is 3.38. The summed E-state index contributed by atoms with van der Waals surface area (Å²) >= 11 is 3.23. The molecule has 3 nitrogen and oxygen atoms in total. The van der Waals surface area contributed by atoms with Crippen molar-refractivity contribution in [3.8, 4) is 5.75 Å². The van der Waals surface area contributed by atoms with E-state index in [1.165, 1.54) is 0 Å². The highest BCUT2D eigenvalue weighted by atomic mass is 79.9. The molecule has 4 heteroatoms. The quantitative estimate of drug-likeness (QED) is 0.796. The van der Waals surface area contributed by atoms with E-state index >= 15 is 0 Å². The van der Waals surface area contributed by atoms with Gasteiger partial charge in [0.25, 0.3) is 5.56 Å². The van der Waals surface area contributed by atoms with Crippen LogP contribution in [0.4, 0.5) is 0 Å². The van der Waals surface area contributed by atoms with E-state index in [0.717, 1.165) is 11.1 Å². The van der Waals surface area contributed by atoms with Crippen molar-refractivity contribution < 1.29 is 5.11 Å². The molecule has 0 atom stereocenters. The maximum absolute atomic E-state index is 11.9. The molecular formula is C11H10BrNO2. The van der Waals surface area contributed by atoms with E-state index in [0.29, 0.717) is 9.86 Å². The molecule has 0 aliphatic carbocycles. The van der Waals surface area contributed by atoms with E-state index in [4.69, 9.17) is 0 Å². The molecule has 0 amide bonds. The molecule has 1 aromatic carbocycles. The predicted molar refractivity (Wildman–Crippen MR) is 63.3 cm³/mol. The molecule has 1 heterocycles. The highest BCUT2D eigenvalue weighted by Crippen LogP contribution is 2.30. The largest absolute Gasteiger partial charge is 0.507 e. The normalized spacial score (nSPS) is 10.9. The van der Waals surface area contributed by atoms with Gasteiger partial charge in [0.1, 0.15) is 5.75 Å². The number of pyridine rings is 1. The number of fused-ring (bicyclic) bond motifs is 1. The van der Waals surface area contributed by atoms with E-state index in [2.05, 4.69) is 15.9 Å². The molecule has 78 valence electrons. The second-order valence-electron chi connectivity index (χ2n) is 3.51. The summed E-state index contributed by atoms with van der Waals surface area (Å²) in [7, 11) is 1.72. The van der Waals surface area contributed by atoms with Crippen LogP contribution in [0.3, 0.4) is 0 Å². The van der Waals surface area contributed by atoms with Gasteiger partial charge in [-0.15, -0.1) is 0 Å². The Morgan fingerprint density at radius 1 is 1.40 bits per heavy atom. The number of benzene rings is 1. The first kappa shape index (κ1) is 10.2. The lowest BCUT2D eigenvalue weighted by Gasteiger charge is -2.08. The van der Waals surface area contributed by atoms with Crippen molar-refractivity contribution in [1.82, 2.24) is 4.57 Å². The molecule has 0 bridgehead atoms. The molecule has 0 unspecified atom stereocenters. The van der Waals surface area contributed by atoms with E-state index in [1.54, 1.807) is 23.7 Å². The number of nitrogens with zero attached hydrogens (tertiary/aromatic N) is 1. The minimum Gasteiger partial charge on any atom is -0.507 e. The third-order valence-electron chi connectivity index (χ3n) is 2.57. The van der Waals surface area contributed by atoms with Crippen LogP contribution in [0, 0.1) is 6.92 Å². The minimum absolute atomic E-state index is 0.0865. The third-order valence-corrected chi connectivity index (χ3v) is 3.37. The van der Waals surface area contributed by atoms with Crippen LogP contribution in [0.25, 0.3) is 10.8 Å². The van der Waals surface area contributed by atoms with Gasteiger partial charge in [-0.05, 0) is 40.4 Å². The van der Waals surface area contributed by atoms with Crippen LogP contribution in [0.5, 0.6) is 5.75 Å². The molecule has 1 N–H and O–H groups in total. The summed E-state index contributed by atoms with van der Waals surface area (Å²) in [6, 6.07) is 5.23. The zero-order valence-electron chi connectivity index (χ0n) is 8.41. The van der Waals surface area contributed by atoms with E-state index in [1.807, 2.05) is 13.0 Å². The number of aromatic hydroxyl groups is 1. The molecule has 2 rings (SSSR count). The number of halogens is 1. The molecule has 15 heavy (non-hydrogen) atoms. The Kier molecular flexibility index (Phi) is 2.31. The van der Waals surface area contributed by atoms with Gasteiger partial charge >= 0.3 is 0 Å². The average molecular weight is 268 g/mol. The highest BCUT2D eigenvalue weighted by Gasteiger charge is 2.09. The van der Waals surface area contributed by atoms with Crippen LogP contribution in [-0.4, -0.2) is 9.67 Å². The van der Waals surface area contributed by atoms with E-state index in [9.17, 15) is 9.90 Å². The first-order valence-electron chi connectivity index (χ1n) is 4.50. The fraction of sp³-hybridized carbons (Fsp3) is 0.182. The van der Waals surface area contributed by atoms with Crippen molar-refractivity contribution in [2.24, 2.45) is 7.05 Å². The summed E-state index contributed by atoms with van der Waals surface area (Å²) in [6.07, 6.45) is 0. The number of hydrogen-bond donors (Lipinski definition) is 1. The average Bonchev–Trinajstić information content (AvgIpc) is 2.20. The summed E-state index contributed by atoms with van der Waals surface area (Å²) < 4.78 is 2.02. The van der Waals surface area contributed by atoms with Crippen molar-refractivity contribution in [1.29, 1.82) is 0 Å². The van der Waals surface area contributed by atoms with Gasteiger partial charge in [-0.2, -0.15) is 0 Å². The van der Waals surface area contributed by atoms with Crippen LogP contribution in [0.1, 0.15) is 5.69 Å². The van der Waals surface area contributed by atoms with Gasteiger partial charge in [0.05, 0.1) is 9.86 Å². The van der Waals surface area contributed by atoms with Gasteiger partial charge in [0.15, 0.2) is 0 Å².